The Morgan fingerprint density at radius 3 is 2.50 bits per heavy atom. The van der Waals surface area contributed by atoms with E-state index in [1.807, 2.05) is 50.2 Å². The smallest absolute Gasteiger partial charge is 0.254 e. The van der Waals surface area contributed by atoms with Gasteiger partial charge >= 0.3 is 0 Å². The van der Waals surface area contributed by atoms with E-state index < -0.39 is 10.0 Å². The first-order valence-corrected chi connectivity index (χ1v) is 12.4. The van der Waals surface area contributed by atoms with Gasteiger partial charge in [0.1, 0.15) is 0 Å². The number of amides is 1. The summed E-state index contributed by atoms with van der Waals surface area (Å²) in [6, 6.07) is 17.1. The van der Waals surface area contributed by atoms with Gasteiger partial charge in [0.15, 0.2) is 0 Å². The molecule has 0 radical (unpaired) electrons. The molecule has 0 fully saturated rings. The van der Waals surface area contributed by atoms with Crippen molar-refractivity contribution in [2.75, 3.05) is 17.6 Å². The summed E-state index contributed by atoms with van der Waals surface area (Å²) in [5.41, 5.74) is 5.29. The van der Waals surface area contributed by atoms with Gasteiger partial charge in [0.25, 0.3) is 5.91 Å². The largest absolute Gasteiger partial charge is 0.335 e. The Morgan fingerprint density at radius 1 is 1.09 bits per heavy atom. The number of carbonyl (C=O) groups excluding carboxylic acids is 1. The average molecular weight is 450 g/mol. The predicted octanol–water partition coefficient (Wildman–Crippen LogP) is 4.29. The van der Waals surface area contributed by atoms with Crippen molar-refractivity contribution in [1.29, 1.82) is 0 Å². The molecule has 2 atom stereocenters. The number of rotatable bonds is 5. The summed E-state index contributed by atoms with van der Waals surface area (Å²) >= 11 is 0. The van der Waals surface area contributed by atoms with Crippen LogP contribution in [0.5, 0.6) is 0 Å². The number of aromatic nitrogens is 1. The van der Waals surface area contributed by atoms with E-state index in [4.69, 9.17) is 0 Å². The van der Waals surface area contributed by atoms with Gasteiger partial charge in [0.05, 0.1) is 18.0 Å². The monoisotopic (exact) mass is 449 g/mol. The van der Waals surface area contributed by atoms with Gasteiger partial charge < -0.3 is 4.90 Å². The Kier molecular flexibility index (Phi) is 5.77. The molecule has 3 aromatic rings. The molecule has 0 spiro atoms. The van der Waals surface area contributed by atoms with Crippen LogP contribution in [0, 0.1) is 0 Å². The maximum Gasteiger partial charge on any atom is 0.254 e. The first kappa shape index (κ1) is 22.0. The number of pyridine rings is 1. The van der Waals surface area contributed by atoms with Crippen molar-refractivity contribution in [1.82, 2.24) is 9.88 Å². The van der Waals surface area contributed by atoms with Crippen LogP contribution in [-0.2, 0) is 16.4 Å². The summed E-state index contributed by atoms with van der Waals surface area (Å²) in [6.45, 7) is 3.89. The van der Waals surface area contributed by atoms with Crippen molar-refractivity contribution < 1.29 is 13.2 Å². The average Bonchev–Trinajstić information content (AvgIpc) is 3.13. The quantitative estimate of drug-likeness (QED) is 0.583. The SMILES string of the molecule is C[C@H](c1cccc(-c2ccncc2)c1)N(C)C(=O)c1ccc2c(c1)C[C@@H](C)N2S(C)(=O)=O. The lowest BCUT2D eigenvalue weighted by Crippen LogP contribution is -2.34. The summed E-state index contributed by atoms with van der Waals surface area (Å²) in [6.07, 6.45) is 5.34. The molecule has 1 amide bonds. The maximum atomic E-state index is 13.3. The van der Waals surface area contributed by atoms with Gasteiger partial charge in [-0.1, -0.05) is 18.2 Å². The molecule has 1 aliphatic rings. The Morgan fingerprint density at radius 2 is 1.81 bits per heavy atom. The van der Waals surface area contributed by atoms with Crippen molar-refractivity contribution in [2.24, 2.45) is 0 Å². The molecule has 32 heavy (non-hydrogen) atoms. The Bertz CT molecular complexity index is 1260. The zero-order valence-corrected chi connectivity index (χ0v) is 19.5. The highest BCUT2D eigenvalue weighted by Crippen LogP contribution is 2.35. The topological polar surface area (TPSA) is 70.6 Å². The van der Waals surface area contributed by atoms with Crippen LogP contribution in [0.2, 0.25) is 0 Å². The zero-order valence-electron chi connectivity index (χ0n) is 18.7. The summed E-state index contributed by atoms with van der Waals surface area (Å²) in [5.74, 6) is -0.0972. The van der Waals surface area contributed by atoms with E-state index in [-0.39, 0.29) is 18.0 Å². The van der Waals surface area contributed by atoms with Crippen LogP contribution in [0.4, 0.5) is 5.69 Å². The molecule has 7 heteroatoms. The molecule has 0 unspecified atom stereocenters. The van der Waals surface area contributed by atoms with E-state index in [1.54, 1.807) is 36.5 Å². The van der Waals surface area contributed by atoms with Crippen LogP contribution >= 0.6 is 0 Å². The number of fused-ring (bicyclic) bond motifs is 1. The molecule has 0 bridgehead atoms. The lowest BCUT2D eigenvalue weighted by molar-refractivity contribution is 0.0742. The third-order valence-corrected chi connectivity index (χ3v) is 7.39. The normalized spacial score (nSPS) is 16.5. The van der Waals surface area contributed by atoms with E-state index in [9.17, 15) is 13.2 Å². The molecule has 4 rings (SSSR count). The first-order chi connectivity index (χ1) is 15.2. The Hall–Kier alpha value is -3.19. The minimum Gasteiger partial charge on any atom is -0.335 e. The van der Waals surface area contributed by atoms with Gasteiger partial charge in [0.2, 0.25) is 10.0 Å². The maximum absolute atomic E-state index is 13.3. The molecule has 2 heterocycles. The van der Waals surface area contributed by atoms with Crippen LogP contribution in [0.3, 0.4) is 0 Å². The fraction of sp³-hybridized carbons (Fsp3) is 0.280. The molecule has 0 saturated carbocycles. The second-order valence-corrected chi connectivity index (χ2v) is 10.3. The molecule has 166 valence electrons. The number of hydrogen-bond acceptors (Lipinski definition) is 4. The van der Waals surface area contributed by atoms with E-state index in [1.165, 1.54) is 10.6 Å². The van der Waals surface area contributed by atoms with Gasteiger partial charge in [-0.3, -0.25) is 14.1 Å². The summed E-state index contributed by atoms with van der Waals surface area (Å²) < 4.78 is 25.8. The molecular weight excluding hydrogens is 422 g/mol. The molecule has 0 aliphatic carbocycles. The van der Waals surface area contributed by atoms with Crippen LogP contribution in [0.15, 0.2) is 67.0 Å². The van der Waals surface area contributed by atoms with Gasteiger partial charge in [0, 0.05) is 31.0 Å². The van der Waals surface area contributed by atoms with Crippen LogP contribution in [-0.4, -0.2) is 43.6 Å². The van der Waals surface area contributed by atoms with Crippen LogP contribution in [0.1, 0.15) is 41.4 Å². The molecule has 0 saturated heterocycles. The highest BCUT2D eigenvalue weighted by molar-refractivity contribution is 7.92. The fourth-order valence-electron chi connectivity index (χ4n) is 4.37. The van der Waals surface area contributed by atoms with Crippen LogP contribution in [0.25, 0.3) is 11.1 Å². The first-order valence-electron chi connectivity index (χ1n) is 10.6. The number of carbonyl (C=O) groups is 1. The lowest BCUT2D eigenvalue weighted by Gasteiger charge is -2.26. The molecule has 2 aromatic carbocycles. The van der Waals surface area contributed by atoms with Gasteiger partial charge in [-0.2, -0.15) is 0 Å². The fourth-order valence-corrected chi connectivity index (χ4v) is 5.63. The van der Waals surface area contributed by atoms with Gasteiger partial charge in [-0.05, 0) is 78.9 Å². The Balaban J connectivity index is 1.58. The summed E-state index contributed by atoms with van der Waals surface area (Å²) in [4.78, 5) is 19.1. The minimum atomic E-state index is -3.36. The van der Waals surface area contributed by atoms with E-state index in [0.29, 0.717) is 17.7 Å². The number of benzene rings is 2. The molecule has 6 nitrogen and oxygen atoms in total. The van der Waals surface area contributed by atoms with Crippen molar-refractivity contribution >= 4 is 21.6 Å². The number of nitrogens with zero attached hydrogens (tertiary/aromatic N) is 3. The van der Waals surface area contributed by atoms with Crippen molar-refractivity contribution in [3.05, 3.63) is 83.7 Å². The third kappa shape index (κ3) is 4.12. The number of sulfonamides is 1. The minimum absolute atomic E-state index is 0.0972. The summed E-state index contributed by atoms with van der Waals surface area (Å²) in [7, 11) is -1.56. The molecular formula is C25H27N3O3S. The highest BCUT2D eigenvalue weighted by Gasteiger charge is 2.33. The lowest BCUT2D eigenvalue weighted by atomic mass is 9.99. The van der Waals surface area contributed by atoms with Crippen molar-refractivity contribution in [3.8, 4) is 11.1 Å². The summed E-state index contributed by atoms with van der Waals surface area (Å²) in [5, 5.41) is 0. The molecule has 1 aliphatic heterocycles. The van der Waals surface area contributed by atoms with Crippen molar-refractivity contribution in [3.63, 3.8) is 0 Å². The number of anilines is 1. The second kappa shape index (κ2) is 8.39. The van der Waals surface area contributed by atoms with E-state index in [0.717, 1.165) is 22.3 Å². The molecule has 0 N–H and O–H groups in total. The highest BCUT2D eigenvalue weighted by atomic mass is 32.2. The second-order valence-electron chi connectivity index (χ2n) is 8.41. The Labute approximate surface area is 189 Å². The molecule has 1 aromatic heterocycles. The zero-order chi connectivity index (χ0) is 23.0. The third-order valence-electron chi connectivity index (χ3n) is 6.12. The predicted molar refractivity (Wildman–Crippen MR) is 127 cm³/mol. The van der Waals surface area contributed by atoms with E-state index >= 15 is 0 Å². The van der Waals surface area contributed by atoms with Crippen LogP contribution < -0.4 is 4.31 Å². The number of hydrogen-bond donors (Lipinski definition) is 0. The standard InChI is InChI=1S/C25H27N3O3S/c1-17-14-23-16-22(8-9-24(23)28(17)32(4,30)31)25(29)27(3)18(2)20-6-5-7-21(15-20)19-10-12-26-13-11-19/h5-13,15-18H,14H2,1-4H3/t17-,18-/m1/s1. The van der Waals surface area contributed by atoms with E-state index in [2.05, 4.69) is 11.1 Å². The van der Waals surface area contributed by atoms with Gasteiger partial charge in [-0.25, -0.2) is 8.42 Å². The van der Waals surface area contributed by atoms with Gasteiger partial charge in [-0.15, -0.1) is 0 Å². The van der Waals surface area contributed by atoms with Crippen molar-refractivity contribution in [2.45, 2.75) is 32.4 Å².